The third-order valence-corrected chi connectivity index (χ3v) is 2.94. The zero-order chi connectivity index (χ0) is 13.6. The van der Waals surface area contributed by atoms with Gasteiger partial charge in [0.25, 0.3) is 0 Å². The maximum atomic E-state index is 11.9. The fraction of sp³-hybridized carbons (Fsp3) is 0.538. The molecule has 0 spiro atoms. The van der Waals surface area contributed by atoms with E-state index >= 15 is 0 Å². The zero-order valence-electron chi connectivity index (χ0n) is 10.1. The van der Waals surface area contributed by atoms with Gasteiger partial charge in [0.05, 0.1) is 0 Å². The molecule has 5 heteroatoms. The minimum atomic E-state index is -4.64. The van der Waals surface area contributed by atoms with Crippen LogP contribution in [0.2, 0.25) is 0 Å². The summed E-state index contributed by atoms with van der Waals surface area (Å²) in [6, 6.07) is 5.92. The maximum absolute atomic E-state index is 11.9. The SMILES string of the molecule is CCCC(Cl)CCc1ccc(OC(F)(F)F)cc1. The summed E-state index contributed by atoms with van der Waals surface area (Å²) < 4.78 is 39.6. The van der Waals surface area contributed by atoms with Crippen LogP contribution in [-0.4, -0.2) is 11.7 Å². The summed E-state index contributed by atoms with van der Waals surface area (Å²) in [7, 11) is 0. The minimum absolute atomic E-state index is 0.126. The van der Waals surface area contributed by atoms with Gasteiger partial charge in [-0.25, -0.2) is 0 Å². The van der Waals surface area contributed by atoms with Crippen molar-refractivity contribution in [2.24, 2.45) is 0 Å². The normalized spacial score (nSPS) is 13.4. The highest BCUT2D eigenvalue weighted by Gasteiger charge is 2.30. The molecule has 1 aromatic rings. The molecule has 1 atom stereocenters. The van der Waals surface area contributed by atoms with Gasteiger partial charge in [0.15, 0.2) is 0 Å². The van der Waals surface area contributed by atoms with Gasteiger partial charge in [-0.2, -0.15) is 0 Å². The van der Waals surface area contributed by atoms with Gasteiger partial charge in [0, 0.05) is 5.38 Å². The van der Waals surface area contributed by atoms with E-state index in [1.54, 1.807) is 12.1 Å². The topological polar surface area (TPSA) is 9.23 Å². The van der Waals surface area contributed by atoms with Crippen molar-refractivity contribution in [3.05, 3.63) is 29.8 Å². The van der Waals surface area contributed by atoms with Crippen molar-refractivity contribution in [3.63, 3.8) is 0 Å². The Morgan fingerprint density at radius 3 is 2.28 bits per heavy atom. The molecule has 1 aromatic carbocycles. The van der Waals surface area contributed by atoms with Gasteiger partial charge < -0.3 is 4.74 Å². The standard InChI is InChI=1S/C13H16ClF3O/c1-2-3-11(14)7-4-10-5-8-12(9-6-10)18-13(15,16)17/h5-6,8-9,11H,2-4,7H2,1H3. The van der Waals surface area contributed by atoms with E-state index in [9.17, 15) is 13.2 Å². The molecule has 0 aliphatic heterocycles. The van der Waals surface area contributed by atoms with Crippen LogP contribution in [-0.2, 0) is 6.42 Å². The quantitative estimate of drug-likeness (QED) is 0.672. The van der Waals surface area contributed by atoms with Crippen LogP contribution in [0.25, 0.3) is 0 Å². The van der Waals surface area contributed by atoms with E-state index in [1.807, 2.05) is 0 Å². The first kappa shape index (κ1) is 15.2. The Morgan fingerprint density at radius 1 is 1.17 bits per heavy atom. The third-order valence-electron chi connectivity index (χ3n) is 2.51. The molecule has 0 bridgehead atoms. The summed E-state index contributed by atoms with van der Waals surface area (Å²) in [5, 5.41) is 0.126. The third kappa shape index (κ3) is 6.15. The Hall–Kier alpha value is -0.900. The molecule has 18 heavy (non-hydrogen) atoms. The molecule has 0 saturated heterocycles. The molecule has 0 heterocycles. The lowest BCUT2D eigenvalue weighted by Gasteiger charge is -2.10. The van der Waals surface area contributed by atoms with Crippen molar-refractivity contribution < 1.29 is 17.9 Å². The first-order valence-electron chi connectivity index (χ1n) is 5.89. The van der Waals surface area contributed by atoms with Gasteiger partial charge in [-0.15, -0.1) is 24.8 Å². The van der Waals surface area contributed by atoms with Crippen molar-refractivity contribution in [1.82, 2.24) is 0 Å². The van der Waals surface area contributed by atoms with Crippen LogP contribution >= 0.6 is 11.6 Å². The Kier molecular flexibility index (Phi) is 5.79. The molecule has 0 radical (unpaired) electrons. The molecule has 102 valence electrons. The van der Waals surface area contributed by atoms with Crippen LogP contribution in [0.15, 0.2) is 24.3 Å². The summed E-state index contributed by atoms with van der Waals surface area (Å²) in [5.74, 6) is -0.192. The summed E-state index contributed by atoms with van der Waals surface area (Å²) in [6.07, 6.45) is -1.05. The lowest BCUT2D eigenvalue weighted by atomic mass is 10.1. The smallest absolute Gasteiger partial charge is 0.406 e. The molecule has 0 aliphatic rings. The van der Waals surface area contributed by atoms with Crippen LogP contribution in [0.3, 0.4) is 0 Å². The van der Waals surface area contributed by atoms with Crippen molar-refractivity contribution >= 4 is 11.6 Å². The van der Waals surface area contributed by atoms with E-state index in [-0.39, 0.29) is 11.1 Å². The van der Waals surface area contributed by atoms with Crippen LogP contribution < -0.4 is 4.74 Å². The van der Waals surface area contributed by atoms with Crippen molar-refractivity contribution in [3.8, 4) is 5.75 Å². The van der Waals surface area contributed by atoms with E-state index in [4.69, 9.17) is 11.6 Å². The van der Waals surface area contributed by atoms with Gasteiger partial charge in [0.2, 0.25) is 0 Å². The van der Waals surface area contributed by atoms with E-state index in [1.165, 1.54) is 12.1 Å². The molecule has 0 aromatic heterocycles. The summed E-state index contributed by atoms with van der Waals surface area (Å²) in [6.45, 7) is 2.07. The number of hydrogen-bond donors (Lipinski definition) is 0. The molecule has 0 amide bonds. The summed E-state index contributed by atoms with van der Waals surface area (Å²) in [5.41, 5.74) is 0.964. The highest BCUT2D eigenvalue weighted by atomic mass is 35.5. The van der Waals surface area contributed by atoms with Crippen molar-refractivity contribution in [1.29, 1.82) is 0 Å². The molecule has 1 rings (SSSR count). The molecule has 0 N–H and O–H groups in total. The Morgan fingerprint density at radius 2 is 1.78 bits per heavy atom. The predicted molar refractivity (Wildman–Crippen MR) is 66.0 cm³/mol. The van der Waals surface area contributed by atoms with Gasteiger partial charge in [-0.3, -0.25) is 0 Å². The average molecular weight is 281 g/mol. The second-order valence-electron chi connectivity index (χ2n) is 4.12. The van der Waals surface area contributed by atoms with Gasteiger partial charge >= 0.3 is 6.36 Å². The summed E-state index contributed by atoms with van der Waals surface area (Å²) >= 11 is 6.08. The van der Waals surface area contributed by atoms with Gasteiger partial charge in [-0.05, 0) is 37.0 Å². The fourth-order valence-electron chi connectivity index (χ4n) is 1.64. The molecule has 0 saturated carbocycles. The van der Waals surface area contributed by atoms with E-state index in [2.05, 4.69) is 11.7 Å². The number of hydrogen-bond acceptors (Lipinski definition) is 1. The van der Waals surface area contributed by atoms with Crippen LogP contribution in [0.5, 0.6) is 5.75 Å². The molecule has 0 aliphatic carbocycles. The lowest BCUT2D eigenvalue weighted by molar-refractivity contribution is -0.274. The van der Waals surface area contributed by atoms with Crippen LogP contribution in [0.1, 0.15) is 31.7 Å². The number of rotatable bonds is 6. The second-order valence-corrected chi connectivity index (χ2v) is 4.73. The molecular weight excluding hydrogens is 265 g/mol. The van der Waals surface area contributed by atoms with E-state index in [0.29, 0.717) is 0 Å². The first-order chi connectivity index (χ1) is 8.40. The number of halogens is 4. The fourth-order valence-corrected chi connectivity index (χ4v) is 1.97. The number of ether oxygens (including phenoxy) is 1. The van der Waals surface area contributed by atoms with E-state index in [0.717, 1.165) is 31.2 Å². The Bertz CT molecular complexity index is 348. The minimum Gasteiger partial charge on any atom is -0.406 e. The number of alkyl halides is 4. The monoisotopic (exact) mass is 280 g/mol. The summed E-state index contributed by atoms with van der Waals surface area (Å²) in [4.78, 5) is 0. The number of benzene rings is 1. The van der Waals surface area contributed by atoms with Gasteiger partial charge in [0.1, 0.15) is 5.75 Å². The highest BCUT2D eigenvalue weighted by molar-refractivity contribution is 6.20. The van der Waals surface area contributed by atoms with Crippen LogP contribution in [0.4, 0.5) is 13.2 Å². The lowest BCUT2D eigenvalue weighted by Crippen LogP contribution is -2.17. The molecule has 1 unspecified atom stereocenters. The van der Waals surface area contributed by atoms with Gasteiger partial charge in [-0.1, -0.05) is 25.5 Å². The largest absolute Gasteiger partial charge is 0.573 e. The zero-order valence-corrected chi connectivity index (χ0v) is 10.9. The van der Waals surface area contributed by atoms with Crippen molar-refractivity contribution in [2.45, 2.75) is 44.3 Å². The molecule has 1 nitrogen and oxygen atoms in total. The Balaban J connectivity index is 2.45. The molecule has 0 fully saturated rings. The number of aryl methyl sites for hydroxylation is 1. The Labute approximate surface area is 110 Å². The van der Waals surface area contributed by atoms with E-state index < -0.39 is 6.36 Å². The first-order valence-corrected chi connectivity index (χ1v) is 6.33. The predicted octanol–water partition coefficient (Wildman–Crippen LogP) is 4.93. The average Bonchev–Trinajstić information content (AvgIpc) is 2.26. The van der Waals surface area contributed by atoms with Crippen LogP contribution in [0, 0.1) is 0 Å². The highest BCUT2D eigenvalue weighted by Crippen LogP contribution is 2.23. The maximum Gasteiger partial charge on any atom is 0.573 e. The molecular formula is C13H16ClF3O. The van der Waals surface area contributed by atoms with Crippen molar-refractivity contribution in [2.75, 3.05) is 0 Å². The second kappa shape index (κ2) is 6.88.